The van der Waals surface area contributed by atoms with Gasteiger partial charge in [-0.3, -0.25) is 14.2 Å². The van der Waals surface area contributed by atoms with E-state index in [9.17, 15) is 14.0 Å². The predicted molar refractivity (Wildman–Crippen MR) is 138 cm³/mol. The van der Waals surface area contributed by atoms with E-state index in [1.165, 1.54) is 18.2 Å². The van der Waals surface area contributed by atoms with Gasteiger partial charge in [-0.1, -0.05) is 49.7 Å². The van der Waals surface area contributed by atoms with E-state index in [-0.39, 0.29) is 22.9 Å². The summed E-state index contributed by atoms with van der Waals surface area (Å²) >= 11 is 0. The van der Waals surface area contributed by atoms with Gasteiger partial charge in [-0.15, -0.1) is 0 Å². The molecule has 1 aromatic heterocycles. The van der Waals surface area contributed by atoms with Crippen molar-refractivity contribution in [2.45, 2.75) is 40.7 Å². The molecule has 4 aromatic rings. The van der Waals surface area contributed by atoms with E-state index in [2.05, 4.69) is 0 Å². The zero-order chi connectivity index (χ0) is 25.3. The van der Waals surface area contributed by atoms with Crippen LogP contribution < -0.4 is 5.56 Å². The summed E-state index contributed by atoms with van der Waals surface area (Å²) in [5.41, 5.74) is 3.40. The molecule has 6 heteroatoms. The Hall–Kier alpha value is -3.80. The van der Waals surface area contributed by atoms with Crippen LogP contribution in [0.15, 0.2) is 71.5 Å². The summed E-state index contributed by atoms with van der Waals surface area (Å²) < 4.78 is 15.6. The van der Waals surface area contributed by atoms with Crippen LogP contribution in [-0.4, -0.2) is 26.9 Å². The van der Waals surface area contributed by atoms with Gasteiger partial charge in [-0.2, -0.15) is 0 Å². The molecule has 0 N–H and O–H groups in total. The highest BCUT2D eigenvalue weighted by atomic mass is 19.1. The summed E-state index contributed by atoms with van der Waals surface area (Å²) in [6, 6.07) is 18.3. The second-order valence-corrected chi connectivity index (χ2v) is 9.46. The van der Waals surface area contributed by atoms with Gasteiger partial charge < -0.3 is 4.90 Å². The molecule has 4 rings (SSSR count). The van der Waals surface area contributed by atoms with Crippen molar-refractivity contribution in [3.8, 4) is 5.69 Å². The topological polar surface area (TPSA) is 55.2 Å². The Morgan fingerprint density at radius 2 is 1.74 bits per heavy atom. The van der Waals surface area contributed by atoms with Crippen molar-refractivity contribution in [3.63, 3.8) is 0 Å². The zero-order valence-corrected chi connectivity index (χ0v) is 20.7. The molecule has 0 saturated heterocycles. The molecule has 1 unspecified atom stereocenters. The van der Waals surface area contributed by atoms with E-state index in [1.807, 2.05) is 65.0 Å². The minimum absolute atomic E-state index is 0.150. The van der Waals surface area contributed by atoms with Gasteiger partial charge in [0.05, 0.1) is 22.6 Å². The highest BCUT2D eigenvalue weighted by molar-refractivity contribution is 5.94. The lowest BCUT2D eigenvalue weighted by Gasteiger charge is -2.32. The molecule has 3 aromatic carbocycles. The molecule has 0 radical (unpaired) electrons. The third-order valence-electron chi connectivity index (χ3n) is 6.13. The normalized spacial score (nSPS) is 12.2. The maximum Gasteiger partial charge on any atom is 0.266 e. The van der Waals surface area contributed by atoms with Gasteiger partial charge in [-0.25, -0.2) is 9.37 Å². The Morgan fingerprint density at radius 3 is 2.43 bits per heavy atom. The van der Waals surface area contributed by atoms with E-state index in [4.69, 9.17) is 4.98 Å². The Labute approximate surface area is 204 Å². The van der Waals surface area contributed by atoms with Gasteiger partial charge in [0.2, 0.25) is 0 Å². The minimum atomic E-state index is -0.550. The molecule has 0 aliphatic rings. The molecule has 0 bridgehead atoms. The van der Waals surface area contributed by atoms with Gasteiger partial charge in [0.1, 0.15) is 11.6 Å². The van der Waals surface area contributed by atoms with E-state index >= 15 is 0 Å². The number of rotatable bonds is 6. The molecule has 180 valence electrons. The van der Waals surface area contributed by atoms with Gasteiger partial charge in [0.25, 0.3) is 11.5 Å². The van der Waals surface area contributed by atoms with Crippen molar-refractivity contribution < 1.29 is 9.18 Å². The van der Waals surface area contributed by atoms with Crippen LogP contribution in [0.1, 0.15) is 54.1 Å². The van der Waals surface area contributed by atoms with Crippen LogP contribution in [0.2, 0.25) is 0 Å². The van der Waals surface area contributed by atoms with Gasteiger partial charge >= 0.3 is 0 Å². The number of benzene rings is 3. The molecule has 0 aliphatic carbocycles. The molecular weight excluding hydrogens is 441 g/mol. The number of carbonyl (C=O) groups excluding carboxylic acids is 1. The van der Waals surface area contributed by atoms with Crippen molar-refractivity contribution in [3.05, 3.63) is 105 Å². The highest BCUT2D eigenvalue weighted by Crippen LogP contribution is 2.27. The van der Waals surface area contributed by atoms with Crippen molar-refractivity contribution in [2.24, 2.45) is 5.92 Å². The summed E-state index contributed by atoms with van der Waals surface area (Å²) in [4.78, 5) is 34.0. The average Bonchev–Trinajstić information content (AvgIpc) is 2.82. The number of fused-ring (bicyclic) bond motifs is 1. The maximum absolute atomic E-state index is 13.9. The van der Waals surface area contributed by atoms with Gasteiger partial charge in [0, 0.05) is 12.1 Å². The Bertz CT molecular complexity index is 1460. The average molecular weight is 472 g/mol. The fourth-order valence-corrected chi connectivity index (χ4v) is 4.46. The largest absolute Gasteiger partial charge is 0.328 e. The molecule has 1 heterocycles. The minimum Gasteiger partial charge on any atom is -0.328 e. The van der Waals surface area contributed by atoms with Crippen LogP contribution in [0.3, 0.4) is 0 Å². The number of aryl methyl sites for hydroxylation is 2. The van der Waals surface area contributed by atoms with Crippen molar-refractivity contribution in [1.82, 2.24) is 14.5 Å². The maximum atomic E-state index is 13.9. The second kappa shape index (κ2) is 9.82. The van der Waals surface area contributed by atoms with Crippen molar-refractivity contribution >= 4 is 16.8 Å². The van der Waals surface area contributed by atoms with Crippen LogP contribution in [-0.2, 0) is 0 Å². The molecular formula is C29H30FN3O2. The lowest BCUT2D eigenvalue weighted by atomic mass is 10.1. The molecule has 35 heavy (non-hydrogen) atoms. The Kier molecular flexibility index (Phi) is 6.83. The van der Waals surface area contributed by atoms with E-state index < -0.39 is 11.9 Å². The number of halogens is 1. The standard InChI is InChI=1S/C29H30FN3O2/c1-18(2)17-32(28(34)22-9-8-10-23(30)16-22)21(5)27-31-25-12-7-6-11-24(25)29(35)33(27)26-14-13-19(3)15-20(26)4/h6-16,18,21H,17H2,1-5H3. The van der Waals surface area contributed by atoms with E-state index in [0.29, 0.717) is 23.3 Å². The Balaban J connectivity index is 1.95. The number of carbonyl (C=O) groups is 1. The van der Waals surface area contributed by atoms with Crippen LogP contribution in [0, 0.1) is 25.6 Å². The summed E-state index contributed by atoms with van der Waals surface area (Å²) in [6.45, 7) is 10.3. The summed E-state index contributed by atoms with van der Waals surface area (Å²) in [5, 5.41) is 0.510. The first-order valence-electron chi connectivity index (χ1n) is 11.8. The zero-order valence-electron chi connectivity index (χ0n) is 20.7. The molecule has 0 fully saturated rings. The van der Waals surface area contributed by atoms with E-state index in [0.717, 1.165) is 16.8 Å². The van der Waals surface area contributed by atoms with Crippen LogP contribution in [0.25, 0.3) is 16.6 Å². The molecule has 0 saturated carbocycles. The number of aromatic nitrogens is 2. The number of amides is 1. The number of para-hydroxylation sites is 1. The first kappa shape index (κ1) is 24.3. The number of hydrogen-bond acceptors (Lipinski definition) is 3. The monoisotopic (exact) mass is 471 g/mol. The highest BCUT2D eigenvalue weighted by Gasteiger charge is 2.28. The lowest BCUT2D eigenvalue weighted by molar-refractivity contribution is 0.0654. The summed E-state index contributed by atoms with van der Waals surface area (Å²) in [7, 11) is 0. The first-order valence-corrected chi connectivity index (χ1v) is 11.8. The van der Waals surface area contributed by atoms with Crippen LogP contribution in [0.5, 0.6) is 0 Å². The molecule has 0 aliphatic heterocycles. The van der Waals surface area contributed by atoms with Crippen molar-refractivity contribution in [1.29, 1.82) is 0 Å². The summed E-state index contributed by atoms with van der Waals surface area (Å²) in [5.74, 6) is -0.160. The first-order chi connectivity index (χ1) is 16.7. The third kappa shape index (κ3) is 4.87. The number of nitrogens with zero attached hydrogens (tertiary/aromatic N) is 3. The molecule has 1 amide bonds. The molecule has 0 spiro atoms. The third-order valence-corrected chi connectivity index (χ3v) is 6.13. The smallest absolute Gasteiger partial charge is 0.266 e. The lowest BCUT2D eigenvalue weighted by Crippen LogP contribution is -2.39. The quantitative estimate of drug-likeness (QED) is 0.347. The SMILES string of the molecule is Cc1ccc(-n2c(C(C)N(CC(C)C)C(=O)c3cccc(F)c3)nc3ccccc3c2=O)c(C)c1. The van der Waals surface area contributed by atoms with E-state index in [1.54, 1.807) is 27.7 Å². The van der Waals surface area contributed by atoms with Crippen molar-refractivity contribution in [2.75, 3.05) is 6.54 Å². The van der Waals surface area contributed by atoms with Crippen LogP contribution in [0.4, 0.5) is 4.39 Å². The van der Waals surface area contributed by atoms with Gasteiger partial charge in [-0.05, 0) is 68.7 Å². The predicted octanol–water partition coefficient (Wildman–Crippen LogP) is 6.00. The van der Waals surface area contributed by atoms with Gasteiger partial charge in [0.15, 0.2) is 0 Å². The number of hydrogen-bond donors (Lipinski definition) is 0. The van der Waals surface area contributed by atoms with Crippen LogP contribution >= 0.6 is 0 Å². The summed E-state index contributed by atoms with van der Waals surface area (Å²) in [6.07, 6.45) is 0. The Morgan fingerprint density at radius 1 is 1.00 bits per heavy atom. The fraction of sp³-hybridized carbons (Fsp3) is 0.276. The fourth-order valence-electron chi connectivity index (χ4n) is 4.46. The second-order valence-electron chi connectivity index (χ2n) is 9.46. The molecule has 5 nitrogen and oxygen atoms in total. The molecule has 1 atom stereocenters.